The summed E-state index contributed by atoms with van der Waals surface area (Å²) in [5, 5.41) is 13.1. The number of piperidine rings is 3. The molecule has 3 aliphatic carbocycles. The van der Waals surface area contributed by atoms with Crippen LogP contribution in [0.15, 0.2) is 0 Å². The van der Waals surface area contributed by atoms with Gasteiger partial charge in [-0.15, -0.1) is 0 Å². The van der Waals surface area contributed by atoms with Crippen LogP contribution in [0.5, 0.6) is 0 Å². The maximum absolute atomic E-state index is 4.36. The van der Waals surface area contributed by atoms with Crippen molar-refractivity contribution in [3.63, 3.8) is 0 Å². The molecule has 1 spiro atoms. The second kappa shape index (κ2) is 9.30. The Morgan fingerprint density at radius 2 is 1.09 bits per heavy atom. The van der Waals surface area contributed by atoms with Crippen molar-refractivity contribution < 1.29 is 0 Å². The van der Waals surface area contributed by atoms with Gasteiger partial charge < -0.3 is 16.0 Å². The molecule has 35 heavy (non-hydrogen) atoms. The molecule has 0 radical (unpaired) electrons. The minimum Gasteiger partial charge on any atom is -0.321 e. The third-order valence-electron chi connectivity index (χ3n) is 13.6. The number of hydrogen-bond donors (Lipinski definition) is 3. The molecule has 7 aliphatic rings. The standard InChI is InChI=1S/C31H54BN3/c1-30(2)23-14-8-18-33-27(23)31(28-24(30)15-9-19-34-28)22-13-6-7-17-26(22)32(21-11-4-3-5-12-21)29-25(31)16-10-20-35-29/h21-29,33-35H,3-20H2,1-2H3. The van der Waals surface area contributed by atoms with Crippen LogP contribution in [0.4, 0.5) is 0 Å². The molecule has 196 valence electrons. The Bertz CT molecular complexity index is 710. The lowest BCUT2D eigenvalue weighted by atomic mass is 9.17. The van der Waals surface area contributed by atoms with Gasteiger partial charge in [0, 0.05) is 17.5 Å². The predicted octanol–water partition coefficient (Wildman–Crippen LogP) is 6.06. The first-order chi connectivity index (χ1) is 17.1. The zero-order chi connectivity index (χ0) is 23.6. The molecule has 3 saturated carbocycles. The Labute approximate surface area is 216 Å². The summed E-state index contributed by atoms with van der Waals surface area (Å²) in [5.41, 5.74) is 0.934. The normalized spacial score (nSPS) is 50.1. The number of hydrogen-bond acceptors (Lipinski definition) is 3. The Hall–Kier alpha value is -0.0551. The van der Waals surface area contributed by atoms with Crippen molar-refractivity contribution in [2.75, 3.05) is 19.6 Å². The minimum atomic E-state index is 0.462. The lowest BCUT2D eigenvalue weighted by molar-refractivity contribution is -0.179. The van der Waals surface area contributed by atoms with Crippen LogP contribution >= 0.6 is 0 Å². The molecule has 0 aromatic rings. The van der Waals surface area contributed by atoms with E-state index < -0.39 is 0 Å². The van der Waals surface area contributed by atoms with Gasteiger partial charge in [0.1, 0.15) is 0 Å². The molecule has 7 fully saturated rings. The van der Waals surface area contributed by atoms with Crippen molar-refractivity contribution in [2.45, 2.75) is 140 Å². The van der Waals surface area contributed by atoms with Crippen molar-refractivity contribution in [1.82, 2.24) is 16.0 Å². The third-order valence-corrected chi connectivity index (χ3v) is 13.6. The fraction of sp³-hybridized carbons (Fsp3) is 1.00. The lowest BCUT2D eigenvalue weighted by Gasteiger charge is -2.74. The molecule has 8 atom stereocenters. The first kappa shape index (κ1) is 24.0. The molecule has 4 heterocycles. The van der Waals surface area contributed by atoms with E-state index in [-0.39, 0.29) is 0 Å². The van der Waals surface area contributed by atoms with Crippen LogP contribution in [0.1, 0.15) is 110 Å². The highest BCUT2D eigenvalue weighted by Gasteiger charge is 2.72. The van der Waals surface area contributed by atoms with Gasteiger partial charge in [-0.05, 0) is 93.2 Å². The van der Waals surface area contributed by atoms with Gasteiger partial charge in [-0.1, -0.05) is 83.3 Å². The molecule has 3 nitrogen and oxygen atoms in total. The van der Waals surface area contributed by atoms with Gasteiger partial charge in [-0.25, -0.2) is 0 Å². The van der Waals surface area contributed by atoms with E-state index in [1.54, 1.807) is 0 Å². The second-order valence-electron chi connectivity index (χ2n) is 14.9. The van der Waals surface area contributed by atoms with Crippen LogP contribution in [0, 0.1) is 34.5 Å². The van der Waals surface area contributed by atoms with Gasteiger partial charge in [-0.3, -0.25) is 0 Å². The zero-order valence-electron chi connectivity index (χ0n) is 23.0. The quantitative estimate of drug-likeness (QED) is 0.400. The summed E-state index contributed by atoms with van der Waals surface area (Å²) < 4.78 is 0. The first-order valence-corrected chi connectivity index (χ1v) is 16.3. The summed E-state index contributed by atoms with van der Waals surface area (Å²) in [5.74, 6) is 6.36. The van der Waals surface area contributed by atoms with E-state index in [4.69, 9.17) is 0 Å². The van der Waals surface area contributed by atoms with Crippen molar-refractivity contribution in [3.05, 3.63) is 0 Å². The van der Waals surface area contributed by atoms with E-state index in [9.17, 15) is 0 Å². The summed E-state index contributed by atoms with van der Waals surface area (Å²) in [6.07, 6.45) is 22.3. The number of fused-ring (bicyclic) bond motifs is 8. The van der Waals surface area contributed by atoms with E-state index in [1.807, 2.05) is 0 Å². The zero-order valence-corrected chi connectivity index (χ0v) is 23.0. The molecule has 0 bridgehead atoms. The van der Waals surface area contributed by atoms with Gasteiger partial charge in [-0.2, -0.15) is 0 Å². The largest absolute Gasteiger partial charge is 0.321 e. The van der Waals surface area contributed by atoms with Crippen LogP contribution in [0.3, 0.4) is 0 Å². The molecular weight excluding hydrogens is 425 g/mol. The van der Waals surface area contributed by atoms with Crippen molar-refractivity contribution >= 4 is 6.71 Å². The van der Waals surface area contributed by atoms with Crippen LogP contribution in [0.2, 0.25) is 11.6 Å². The summed E-state index contributed by atoms with van der Waals surface area (Å²) >= 11 is 0. The number of rotatable bonds is 1. The van der Waals surface area contributed by atoms with Crippen LogP contribution in [-0.2, 0) is 0 Å². The van der Waals surface area contributed by atoms with Crippen molar-refractivity contribution in [2.24, 2.45) is 34.5 Å². The monoisotopic (exact) mass is 479 g/mol. The Morgan fingerprint density at radius 1 is 0.543 bits per heavy atom. The fourth-order valence-corrected chi connectivity index (χ4v) is 12.6. The molecule has 4 saturated heterocycles. The van der Waals surface area contributed by atoms with Gasteiger partial charge in [0.2, 0.25) is 0 Å². The molecule has 0 aromatic carbocycles. The number of nitrogens with one attached hydrogen (secondary N) is 3. The lowest BCUT2D eigenvalue weighted by Crippen LogP contribution is -2.81. The molecule has 7 rings (SSSR count). The second-order valence-corrected chi connectivity index (χ2v) is 14.9. The van der Waals surface area contributed by atoms with Gasteiger partial charge in [0.15, 0.2) is 6.71 Å². The van der Waals surface area contributed by atoms with E-state index in [1.165, 1.54) is 116 Å². The highest BCUT2D eigenvalue weighted by Crippen LogP contribution is 2.70. The molecule has 3 N–H and O–H groups in total. The van der Waals surface area contributed by atoms with Crippen molar-refractivity contribution in [3.8, 4) is 0 Å². The maximum Gasteiger partial charge on any atom is 0.167 e. The summed E-state index contributed by atoms with van der Waals surface area (Å²) in [6.45, 7) is 10.2. The van der Waals surface area contributed by atoms with Crippen LogP contribution in [-0.4, -0.2) is 44.4 Å². The first-order valence-electron chi connectivity index (χ1n) is 16.3. The smallest absolute Gasteiger partial charge is 0.167 e. The topological polar surface area (TPSA) is 36.1 Å². The summed E-state index contributed by atoms with van der Waals surface area (Å²) in [7, 11) is 0. The summed E-state index contributed by atoms with van der Waals surface area (Å²) in [4.78, 5) is 0. The molecule has 4 heteroatoms. The van der Waals surface area contributed by atoms with Gasteiger partial charge in [0.05, 0.1) is 0 Å². The predicted molar refractivity (Wildman–Crippen MR) is 148 cm³/mol. The highest BCUT2D eigenvalue weighted by atomic mass is 15.1. The molecule has 0 amide bonds. The molecule has 8 unspecified atom stereocenters. The molecule has 0 aromatic heterocycles. The van der Waals surface area contributed by atoms with Gasteiger partial charge in [0.25, 0.3) is 0 Å². The highest BCUT2D eigenvalue weighted by molar-refractivity contribution is 6.64. The van der Waals surface area contributed by atoms with E-state index in [0.29, 0.717) is 10.8 Å². The third kappa shape index (κ3) is 3.47. The molecular formula is C31H54BN3. The SMILES string of the molecule is CC1(C)C2CCCNC2C2(C3CCCCC3B(C3CCCCC3)C3NCCCC32)C2NCCCC21. The van der Waals surface area contributed by atoms with Crippen LogP contribution in [0.25, 0.3) is 0 Å². The van der Waals surface area contributed by atoms with Crippen molar-refractivity contribution in [1.29, 1.82) is 0 Å². The summed E-state index contributed by atoms with van der Waals surface area (Å²) in [6, 6.07) is 1.48. The minimum absolute atomic E-state index is 0.462. The Balaban J connectivity index is 1.39. The van der Waals surface area contributed by atoms with E-state index >= 15 is 0 Å². The Morgan fingerprint density at radius 3 is 1.77 bits per heavy atom. The van der Waals surface area contributed by atoms with Gasteiger partial charge >= 0.3 is 0 Å². The van der Waals surface area contributed by atoms with E-state index in [0.717, 1.165) is 60.0 Å². The van der Waals surface area contributed by atoms with Crippen LogP contribution < -0.4 is 16.0 Å². The Kier molecular flexibility index (Phi) is 6.38. The fourth-order valence-electron chi connectivity index (χ4n) is 12.6. The average Bonchev–Trinajstić information content (AvgIpc) is 2.92. The average molecular weight is 480 g/mol. The maximum atomic E-state index is 4.36. The molecule has 4 aliphatic heterocycles. The van der Waals surface area contributed by atoms with E-state index in [2.05, 4.69) is 29.8 Å².